The lowest BCUT2D eigenvalue weighted by Gasteiger charge is -2.28. The maximum atomic E-state index is 11.9. The van der Waals surface area contributed by atoms with Gasteiger partial charge in [-0.2, -0.15) is 5.10 Å². The lowest BCUT2D eigenvalue weighted by Crippen LogP contribution is -2.42. The number of fused-ring (bicyclic) bond motifs is 1. The van der Waals surface area contributed by atoms with Crippen LogP contribution in [-0.4, -0.2) is 50.2 Å². The first kappa shape index (κ1) is 17.7. The summed E-state index contributed by atoms with van der Waals surface area (Å²) in [6.07, 6.45) is -0.595. The Bertz CT molecular complexity index is 781. The summed E-state index contributed by atoms with van der Waals surface area (Å²) in [4.78, 5) is 14.0. The highest BCUT2D eigenvalue weighted by molar-refractivity contribution is 5.35. The fourth-order valence-corrected chi connectivity index (χ4v) is 3.20. The van der Waals surface area contributed by atoms with Crippen LogP contribution in [0.5, 0.6) is 5.75 Å². The maximum Gasteiger partial charge on any atom is 0.345 e. The van der Waals surface area contributed by atoms with Crippen molar-refractivity contribution in [1.82, 2.24) is 19.2 Å². The van der Waals surface area contributed by atoms with Crippen molar-refractivity contribution in [2.45, 2.75) is 39.0 Å². The van der Waals surface area contributed by atoms with Crippen LogP contribution in [0.15, 0.2) is 29.1 Å². The molecule has 25 heavy (non-hydrogen) atoms. The highest BCUT2D eigenvalue weighted by Gasteiger charge is 2.22. The molecule has 7 nitrogen and oxygen atoms in total. The molecule has 0 amide bonds. The minimum Gasteiger partial charge on any atom is -0.491 e. The Morgan fingerprint density at radius 3 is 2.80 bits per heavy atom. The van der Waals surface area contributed by atoms with Gasteiger partial charge in [-0.25, -0.2) is 9.48 Å². The van der Waals surface area contributed by atoms with Gasteiger partial charge in [0, 0.05) is 26.7 Å². The van der Waals surface area contributed by atoms with E-state index in [-0.39, 0.29) is 12.3 Å². The smallest absolute Gasteiger partial charge is 0.345 e. The molecule has 2 aromatic rings. The van der Waals surface area contributed by atoms with Gasteiger partial charge < -0.3 is 9.84 Å². The fourth-order valence-electron chi connectivity index (χ4n) is 3.20. The second-order valence-corrected chi connectivity index (χ2v) is 6.87. The molecule has 0 spiro atoms. The van der Waals surface area contributed by atoms with Crippen LogP contribution in [0.1, 0.15) is 31.2 Å². The van der Waals surface area contributed by atoms with Crippen molar-refractivity contribution >= 4 is 0 Å². The van der Waals surface area contributed by atoms with E-state index in [0.717, 1.165) is 23.7 Å². The molecule has 1 aliphatic rings. The zero-order valence-electron chi connectivity index (χ0n) is 15.1. The molecule has 0 radical (unpaired) electrons. The van der Waals surface area contributed by atoms with E-state index in [1.807, 2.05) is 18.2 Å². The molecule has 3 rings (SSSR count). The zero-order chi connectivity index (χ0) is 18.0. The Labute approximate surface area is 147 Å². The Morgan fingerprint density at radius 2 is 2.04 bits per heavy atom. The van der Waals surface area contributed by atoms with Gasteiger partial charge in [-0.3, -0.25) is 9.47 Å². The van der Waals surface area contributed by atoms with Gasteiger partial charge >= 0.3 is 5.69 Å². The number of hydrogen-bond acceptors (Lipinski definition) is 5. The molecule has 136 valence electrons. The van der Waals surface area contributed by atoms with Crippen LogP contribution in [0.3, 0.4) is 0 Å². The summed E-state index contributed by atoms with van der Waals surface area (Å²) in [5.41, 5.74) is 1.06. The normalized spacial score (nSPS) is 16.0. The molecule has 1 aromatic carbocycles. The van der Waals surface area contributed by atoms with Gasteiger partial charge in [-0.1, -0.05) is 32.0 Å². The highest BCUT2D eigenvalue weighted by Crippen LogP contribution is 2.25. The van der Waals surface area contributed by atoms with E-state index in [4.69, 9.17) is 4.74 Å². The fraction of sp³-hybridized carbons (Fsp3) is 0.556. The van der Waals surface area contributed by atoms with Crippen LogP contribution in [0, 0.1) is 0 Å². The number of benzene rings is 1. The molecule has 0 saturated carbocycles. The van der Waals surface area contributed by atoms with Crippen molar-refractivity contribution in [3.63, 3.8) is 0 Å². The Kier molecular flexibility index (Phi) is 5.24. The first-order valence-electron chi connectivity index (χ1n) is 8.70. The van der Waals surface area contributed by atoms with Crippen molar-refractivity contribution in [3.05, 3.63) is 46.1 Å². The number of nitrogens with zero attached hydrogens (tertiary/aromatic N) is 4. The van der Waals surface area contributed by atoms with Crippen molar-refractivity contribution in [1.29, 1.82) is 0 Å². The number of hydrogen-bond donors (Lipinski definition) is 1. The molecule has 1 N–H and O–H groups in total. The van der Waals surface area contributed by atoms with Crippen LogP contribution in [-0.2, 0) is 20.1 Å². The Morgan fingerprint density at radius 1 is 1.28 bits per heavy atom. The molecule has 0 fully saturated rings. The predicted molar refractivity (Wildman–Crippen MR) is 94.8 cm³/mol. The van der Waals surface area contributed by atoms with Crippen molar-refractivity contribution in [2.24, 2.45) is 7.05 Å². The van der Waals surface area contributed by atoms with Crippen LogP contribution in [0.4, 0.5) is 0 Å². The average Bonchev–Trinajstić information content (AvgIpc) is 2.87. The first-order chi connectivity index (χ1) is 12.0. The number of ether oxygens (including phenoxy) is 1. The molecule has 0 bridgehead atoms. The summed E-state index contributed by atoms with van der Waals surface area (Å²) in [5.74, 6) is 1.95. The monoisotopic (exact) mass is 346 g/mol. The molecular weight excluding hydrogens is 320 g/mol. The van der Waals surface area contributed by atoms with Crippen LogP contribution < -0.4 is 10.4 Å². The lowest BCUT2D eigenvalue weighted by molar-refractivity contribution is 0.0577. The molecule has 1 aromatic heterocycles. The molecule has 1 aliphatic heterocycles. The number of para-hydroxylation sites is 1. The van der Waals surface area contributed by atoms with Crippen molar-refractivity contribution < 1.29 is 9.84 Å². The molecule has 0 saturated heterocycles. The molecule has 0 aliphatic carbocycles. The Hall–Kier alpha value is -2.12. The number of rotatable bonds is 6. The summed E-state index contributed by atoms with van der Waals surface area (Å²) in [6.45, 7) is 6.88. The average molecular weight is 346 g/mol. The molecule has 7 heteroatoms. The first-order valence-corrected chi connectivity index (χ1v) is 8.70. The lowest BCUT2D eigenvalue weighted by atomic mass is 10.0. The van der Waals surface area contributed by atoms with E-state index in [9.17, 15) is 9.90 Å². The van der Waals surface area contributed by atoms with Gasteiger partial charge in [0.05, 0.1) is 6.54 Å². The van der Waals surface area contributed by atoms with Crippen molar-refractivity contribution in [2.75, 3.05) is 19.7 Å². The van der Waals surface area contributed by atoms with Gasteiger partial charge in [0.2, 0.25) is 0 Å². The highest BCUT2D eigenvalue weighted by atomic mass is 16.5. The molecule has 1 atom stereocenters. The van der Waals surface area contributed by atoms with E-state index in [0.29, 0.717) is 25.6 Å². The summed E-state index contributed by atoms with van der Waals surface area (Å²) in [5, 5.41) is 14.6. The van der Waals surface area contributed by atoms with Crippen LogP contribution >= 0.6 is 0 Å². The van der Waals surface area contributed by atoms with Gasteiger partial charge in [-0.05, 0) is 17.5 Å². The van der Waals surface area contributed by atoms with E-state index in [1.54, 1.807) is 11.6 Å². The number of aliphatic hydroxyl groups is 1. The summed E-state index contributed by atoms with van der Waals surface area (Å²) < 4.78 is 8.90. The maximum absolute atomic E-state index is 11.9. The van der Waals surface area contributed by atoms with Gasteiger partial charge in [-0.15, -0.1) is 0 Å². The van der Waals surface area contributed by atoms with E-state index < -0.39 is 6.10 Å². The third kappa shape index (κ3) is 3.93. The van der Waals surface area contributed by atoms with Crippen LogP contribution in [0.2, 0.25) is 0 Å². The zero-order valence-corrected chi connectivity index (χ0v) is 15.1. The second kappa shape index (κ2) is 7.41. The number of aryl methyl sites for hydroxylation is 1. The summed E-state index contributed by atoms with van der Waals surface area (Å²) >= 11 is 0. The second-order valence-electron chi connectivity index (χ2n) is 6.87. The Balaban J connectivity index is 1.55. The molecule has 2 heterocycles. The van der Waals surface area contributed by atoms with Gasteiger partial charge in [0.1, 0.15) is 24.3 Å². The van der Waals surface area contributed by atoms with Crippen molar-refractivity contribution in [3.8, 4) is 5.75 Å². The molecular formula is C18H26N4O3. The minimum atomic E-state index is -0.595. The largest absolute Gasteiger partial charge is 0.491 e. The quantitative estimate of drug-likeness (QED) is 0.843. The SMILES string of the molecule is CC(C)c1ccccc1OCC(O)CN1CCn2c(nn(C)c2=O)C1. The standard InChI is InChI=1S/C18H26N4O3/c1-13(2)15-6-4-5-7-16(15)25-12-14(23)10-21-8-9-22-17(11-21)19-20(3)18(22)24/h4-7,13-14,23H,8-12H2,1-3H3. The summed E-state index contributed by atoms with van der Waals surface area (Å²) in [6, 6.07) is 7.93. The number of aromatic nitrogens is 3. The number of β-amino-alcohol motifs (C(OH)–C–C–N with tert-alkyl or cyclic N) is 1. The third-order valence-electron chi connectivity index (χ3n) is 4.53. The van der Waals surface area contributed by atoms with E-state index >= 15 is 0 Å². The van der Waals surface area contributed by atoms with Crippen LogP contribution in [0.25, 0.3) is 0 Å². The molecule has 1 unspecified atom stereocenters. The minimum absolute atomic E-state index is 0.0798. The summed E-state index contributed by atoms with van der Waals surface area (Å²) in [7, 11) is 1.66. The third-order valence-corrected chi connectivity index (χ3v) is 4.53. The predicted octanol–water partition coefficient (Wildman–Crippen LogP) is 0.961. The van der Waals surface area contributed by atoms with E-state index in [2.05, 4.69) is 29.9 Å². The number of aliphatic hydroxyl groups excluding tert-OH is 1. The van der Waals surface area contributed by atoms with E-state index in [1.165, 1.54) is 4.68 Å². The van der Waals surface area contributed by atoms with Gasteiger partial charge in [0.15, 0.2) is 0 Å². The van der Waals surface area contributed by atoms with Gasteiger partial charge in [0.25, 0.3) is 0 Å². The topological polar surface area (TPSA) is 72.5 Å².